The van der Waals surface area contributed by atoms with Crippen molar-refractivity contribution < 1.29 is 9.69 Å². The van der Waals surface area contributed by atoms with Crippen molar-refractivity contribution in [1.82, 2.24) is 20.2 Å². The summed E-state index contributed by atoms with van der Waals surface area (Å²) in [5.74, 6) is 1.22. The van der Waals surface area contributed by atoms with Gasteiger partial charge in [-0.25, -0.2) is 4.68 Å². The minimum Gasteiger partial charge on any atom is -0.369 e. The third kappa shape index (κ3) is 3.45. The van der Waals surface area contributed by atoms with E-state index in [0.29, 0.717) is 5.92 Å². The smallest absolute Gasteiger partial charge is 0.220 e. The van der Waals surface area contributed by atoms with Crippen LogP contribution in [0.15, 0.2) is 0 Å². The number of hydrogen-bond donors (Lipinski definition) is 2. The van der Waals surface area contributed by atoms with Crippen LogP contribution in [0.4, 0.5) is 0 Å². The summed E-state index contributed by atoms with van der Waals surface area (Å²) in [7, 11) is 0. The van der Waals surface area contributed by atoms with Gasteiger partial charge in [0.05, 0.1) is 18.6 Å². The van der Waals surface area contributed by atoms with Gasteiger partial charge < -0.3 is 10.6 Å². The Morgan fingerprint density at radius 2 is 1.91 bits per heavy atom. The predicted molar refractivity (Wildman–Crippen MR) is 83.0 cm³/mol. The summed E-state index contributed by atoms with van der Waals surface area (Å²) in [4.78, 5) is 12.8. The average molecular weight is 309 g/mol. The minimum absolute atomic E-state index is 0.0233. The van der Waals surface area contributed by atoms with E-state index >= 15 is 0 Å². The summed E-state index contributed by atoms with van der Waals surface area (Å²) >= 11 is 0. The second kappa shape index (κ2) is 6.32. The van der Waals surface area contributed by atoms with E-state index in [-0.39, 0.29) is 23.4 Å². The topological polar surface area (TPSA) is 91.1 Å². The van der Waals surface area contributed by atoms with Crippen molar-refractivity contribution in [3.05, 3.63) is 5.82 Å². The molecular formula is C15H29N6O+. The van der Waals surface area contributed by atoms with E-state index in [4.69, 9.17) is 5.73 Å². The molecule has 0 unspecified atom stereocenters. The fraction of sp³-hybridized carbons (Fsp3) is 0.867. The van der Waals surface area contributed by atoms with Gasteiger partial charge in [0, 0.05) is 24.7 Å². The van der Waals surface area contributed by atoms with Crippen LogP contribution >= 0.6 is 0 Å². The van der Waals surface area contributed by atoms with Gasteiger partial charge in [-0.05, 0) is 31.2 Å². The van der Waals surface area contributed by atoms with Crippen LogP contribution < -0.4 is 10.6 Å². The standard InChI is InChI=1S/C15H28N6O/c1-10(2)12(14-17-18-19-21(14)15(3,4)5)20-8-6-11(7-9-20)13(16)22/h10-12H,6-9H2,1-5H3,(H2,16,22)/p+1/t12-/m0/s1. The number of aromatic nitrogens is 4. The molecule has 1 atom stereocenters. The Hall–Kier alpha value is -1.50. The Morgan fingerprint density at radius 1 is 1.32 bits per heavy atom. The monoisotopic (exact) mass is 309 g/mol. The first-order valence-electron chi connectivity index (χ1n) is 8.14. The summed E-state index contributed by atoms with van der Waals surface area (Å²) < 4.78 is 1.94. The second-order valence-corrected chi connectivity index (χ2v) is 7.68. The quantitative estimate of drug-likeness (QED) is 0.813. The van der Waals surface area contributed by atoms with Gasteiger partial charge in [-0.1, -0.05) is 13.8 Å². The van der Waals surface area contributed by atoms with Gasteiger partial charge >= 0.3 is 0 Å². The zero-order chi connectivity index (χ0) is 16.5. The first kappa shape index (κ1) is 16.9. The highest BCUT2D eigenvalue weighted by molar-refractivity contribution is 5.76. The highest BCUT2D eigenvalue weighted by Crippen LogP contribution is 2.22. The van der Waals surface area contributed by atoms with E-state index in [1.54, 1.807) is 0 Å². The van der Waals surface area contributed by atoms with Gasteiger partial charge in [0.1, 0.15) is 0 Å². The molecule has 1 fully saturated rings. The highest BCUT2D eigenvalue weighted by atomic mass is 16.1. The number of nitrogens with one attached hydrogen (secondary N) is 1. The fourth-order valence-corrected chi connectivity index (χ4v) is 3.40. The first-order valence-corrected chi connectivity index (χ1v) is 8.14. The van der Waals surface area contributed by atoms with Crippen molar-refractivity contribution >= 4 is 5.91 Å². The van der Waals surface area contributed by atoms with Crippen LogP contribution in [0.2, 0.25) is 0 Å². The average Bonchev–Trinajstić information content (AvgIpc) is 2.88. The number of hydrogen-bond acceptors (Lipinski definition) is 4. The van der Waals surface area contributed by atoms with Crippen LogP contribution in [0.1, 0.15) is 59.3 Å². The molecule has 7 heteroatoms. The SMILES string of the molecule is CC(C)[C@@H](c1nnnn1C(C)(C)C)[NH+]1CCC(C(N)=O)CC1. The highest BCUT2D eigenvalue weighted by Gasteiger charge is 2.38. The second-order valence-electron chi connectivity index (χ2n) is 7.68. The van der Waals surface area contributed by atoms with Crippen molar-refractivity contribution in [2.45, 2.75) is 59.0 Å². The number of amides is 1. The molecule has 1 aromatic rings. The van der Waals surface area contributed by atoms with Crippen molar-refractivity contribution in [2.75, 3.05) is 13.1 Å². The lowest BCUT2D eigenvalue weighted by atomic mass is 9.92. The van der Waals surface area contributed by atoms with Gasteiger partial charge in [-0.15, -0.1) is 5.10 Å². The van der Waals surface area contributed by atoms with E-state index in [9.17, 15) is 4.79 Å². The van der Waals surface area contributed by atoms with Gasteiger partial charge in [-0.3, -0.25) is 4.79 Å². The maximum Gasteiger partial charge on any atom is 0.220 e. The summed E-state index contributed by atoms with van der Waals surface area (Å²) in [6.07, 6.45) is 1.70. The van der Waals surface area contributed by atoms with Crippen molar-refractivity contribution in [3.63, 3.8) is 0 Å². The Balaban J connectivity index is 2.22. The van der Waals surface area contributed by atoms with Gasteiger partial charge in [-0.2, -0.15) is 0 Å². The number of carbonyl (C=O) groups is 1. The molecule has 0 saturated carbocycles. The molecule has 22 heavy (non-hydrogen) atoms. The number of primary amides is 1. The molecule has 0 bridgehead atoms. The largest absolute Gasteiger partial charge is 0.369 e. The van der Waals surface area contributed by atoms with Crippen LogP contribution in [0.25, 0.3) is 0 Å². The minimum atomic E-state index is -0.167. The van der Waals surface area contributed by atoms with Crippen molar-refractivity contribution in [1.29, 1.82) is 0 Å². The zero-order valence-corrected chi connectivity index (χ0v) is 14.3. The molecular weight excluding hydrogens is 280 g/mol. The normalized spacial score (nSPS) is 24.5. The van der Waals surface area contributed by atoms with Crippen molar-refractivity contribution in [3.8, 4) is 0 Å². The number of likely N-dealkylation sites (tertiary alicyclic amines) is 1. The molecule has 0 spiro atoms. The van der Waals surface area contributed by atoms with Crippen LogP contribution in [0, 0.1) is 11.8 Å². The lowest BCUT2D eigenvalue weighted by Crippen LogP contribution is -3.14. The van der Waals surface area contributed by atoms with E-state index in [0.717, 1.165) is 31.8 Å². The van der Waals surface area contributed by atoms with Crippen molar-refractivity contribution in [2.24, 2.45) is 17.6 Å². The molecule has 0 aromatic carbocycles. The number of carbonyl (C=O) groups excluding carboxylic acids is 1. The molecule has 1 amide bonds. The van der Waals surface area contributed by atoms with Crippen LogP contribution in [0.3, 0.4) is 0 Å². The molecule has 1 aromatic heterocycles. The Bertz CT molecular complexity index is 510. The Kier molecular flexibility index (Phi) is 4.84. The summed E-state index contributed by atoms with van der Waals surface area (Å²) in [6.45, 7) is 12.6. The molecule has 0 aliphatic carbocycles. The van der Waals surface area contributed by atoms with Crippen LogP contribution in [0.5, 0.6) is 0 Å². The number of tetrazole rings is 1. The van der Waals surface area contributed by atoms with E-state index in [1.165, 1.54) is 4.90 Å². The van der Waals surface area contributed by atoms with E-state index in [1.807, 2.05) is 4.68 Å². The Morgan fingerprint density at radius 3 is 2.36 bits per heavy atom. The van der Waals surface area contributed by atoms with Gasteiger partial charge in [0.15, 0.2) is 6.04 Å². The molecule has 3 N–H and O–H groups in total. The van der Waals surface area contributed by atoms with E-state index < -0.39 is 0 Å². The third-order valence-corrected chi connectivity index (χ3v) is 4.54. The lowest BCUT2D eigenvalue weighted by molar-refractivity contribution is -0.941. The first-order chi connectivity index (χ1) is 10.2. The number of nitrogens with zero attached hydrogens (tertiary/aromatic N) is 4. The fourth-order valence-electron chi connectivity index (χ4n) is 3.40. The summed E-state index contributed by atoms with van der Waals surface area (Å²) in [6, 6.07) is 0.239. The molecule has 1 aliphatic rings. The lowest BCUT2D eigenvalue weighted by Gasteiger charge is -2.36. The summed E-state index contributed by atoms with van der Waals surface area (Å²) in [5, 5.41) is 12.4. The van der Waals surface area contributed by atoms with E-state index in [2.05, 4.69) is 50.1 Å². The van der Waals surface area contributed by atoms with Gasteiger partial charge in [0.25, 0.3) is 0 Å². The van der Waals surface area contributed by atoms with Crippen LogP contribution in [-0.4, -0.2) is 39.2 Å². The maximum absolute atomic E-state index is 11.4. The molecule has 1 saturated heterocycles. The molecule has 7 nitrogen and oxygen atoms in total. The molecule has 0 radical (unpaired) electrons. The molecule has 2 rings (SSSR count). The van der Waals surface area contributed by atoms with Gasteiger partial charge in [0.2, 0.25) is 11.7 Å². The molecule has 124 valence electrons. The molecule has 2 heterocycles. The maximum atomic E-state index is 11.4. The summed E-state index contributed by atoms with van der Waals surface area (Å²) in [5.41, 5.74) is 5.30. The van der Waals surface area contributed by atoms with Crippen LogP contribution in [-0.2, 0) is 10.3 Å². The number of rotatable bonds is 4. The zero-order valence-electron chi connectivity index (χ0n) is 14.3. The predicted octanol–water partition coefficient (Wildman–Crippen LogP) is -0.0946. The number of quaternary nitrogens is 1. The molecule has 1 aliphatic heterocycles. The third-order valence-electron chi connectivity index (χ3n) is 4.54. The Labute approximate surface area is 132 Å². The number of piperidine rings is 1. The number of nitrogens with two attached hydrogens (primary N) is 1.